The van der Waals surface area contributed by atoms with Crippen molar-refractivity contribution in [1.29, 1.82) is 10.8 Å². The van der Waals surface area contributed by atoms with E-state index in [-0.39, 0.29) is 11.7 Å². The fraction of sp³-hybridized carbons (Fsp3) is 0.333. The largest absolute Gasteiger partial charge is 0.491 e. The number of benzene rings is 2. The molecule has 0 heterocycles. The maximum absolute atomic E-state index is 9.63. The van der Waals surface area contributed by atoms with Gasteiger partial charge < -0.3 is 31.2 Å². The number of rotatable bonds is 12. The summed E-state index contributed by atoms with van der Waals surface area (Å²) in [6.45, 7) is -0.275. The van der Waals surface area contributed by atoms with E-state index in [2.05, 4.69) is 31.9 Å². The third kappa shape index (κ3) is 16.4. The van der Waals surface area contributed by atoms with Gasteiger partial charge in [0.05, 0.1) is 58.0 Å². The van der Waals surface area contributed by atoms with E-state index >= 15 is 0 Å². The summed E-state index contributed by atoms with van der Waals surface area (Å²) < 4.78 is 67.1. The number of nitrogens with one attached hydrogen (secondary N) is 2. The molecule has 0 saturated heterocycles. The van der Waals surface area contributed by atoms with Crippen LogP contribution in [0.25, 0.3) is 0 Å². The van der Waals surface area contributed by atoms with Crippen LogP contribution in [0.5, 0.6) is 11.5 Å². The van der Waals surface area contributed by atoms with Gasteiger partial charge in [0, 0.05) is 6.42 Å². The average molecular weight is 722 g/mol. The molecule has 0 aromatic heterocycles. The molecule has 10 N–H and O–H groups in total. The van der Waals surface area contributed by atoms with E-state index in [9.17, 15) is 16.8 Å². The third-order valence-electron chi connectivity index (χ3n) is 3.99. The Labute approximate surface area is 243 Å². The third-order valence-corrected chi connectivity index (χ3v) is 6.64. The average Bonchev–Trinajstić information content (AvgIpc) is 2.79. The van der Waals surface area contributed by atoms with Crippen molar-refractivity contribution in [2.24, 2.45) is 11.5 Å². The first-order valence-corrected chi connectivity index (χ1v) is 15.5. The van der Waals surface area contributed by atoms with Gasteiger partial charge >= 0.3 is 0 Å². The number of aliphatic hydroxyl groups is 2. The van der Waals surface area contributed by atoms with E-state index in [1.165, 1.54) is 0 Å². The fourth-order valence-electron chi connectivity index (χ4n) is 2.37. The van der Waals surface area contributed by atoms with Gasteiger partial charge in [-0.3, -0.25) is 19.9 Å². The molecule has 2 rings (SSSR count). The molecule has 0 aliphatic rings. The van der Waals surface area contributed by atoms with Crippen molar-refractivity contribution < 1.29 is 45.6 Å². The highest BCUT2D eigenvalue weighted by atomic mass is 79.9. The molecular weight excluding hydrogens is 692 g/mol. The summed E-state index contributed by atoms with van der Waals surface area (Å²) in [5.74, 6) is -0.167. The summed E-state index contributed by atoms with van der Waals surface area (Å²) in [5.41, 5.74) is 12.2. The smallest absolute Gasteiger partial charge is 0.267 e. The van der Waals surface area contributed by atoms with Crippen LogP contribution in [-0.4, -0.2) is 85.8 Å². The Morgan fingerprint density at radius 1 is 0.744 bits per heavy atom. The Kier molecular flexibility index (Phi) is 17.0. The van der Waals surface area contributed by atoms with E-state index in [1.807, 2.05) is 12.1 Å². The zero-order valence-corrected chi connectivity index (χ0v) is 25.2. The van der Waals surface area contributed by atoms with E-state index in [0.717, 1.165) is 8.95 Å². The van der Waals surface area contributed by atoms with Crippen molar-refractivity contribution in [2.45, 2.75) is 6.42 Å². The molecule has 0 bridgehead atoms. The number of aliphatic hydroxyl groups excluding tert-OH is 2. The second-order valence-electron chi connectivity index (χ2n) is 7.13. The van der Waals surface area contributed by atoms with Crippen LogP contribution in [0, 0.1) is 10.8 Å². The van der Waals surface area contributed by atoms with Gasteiger partial charge in [-0.1, -0.05) is 12.1 Å². The van der Waals surface area contributed by atoms with Gasteiger partial charge in [0.1, 0.15) is 23.2 Å². The second kappa shape index (κ2) is 18.1. The lowest BCUT2D eigenvalue weighted by atomic mass is 10.2. The van der Waals surface area contributed by atoms with Gasteiger partial charge in [0.2, 0.25) is 0 Å². The van der Waals surface area contributed by atoms with E-state index in [4.69, 9.17) is 51.1 Å². The first-order valence-electron chi connectivity index (χ1n) is 10.7. The quantitative estimate of drug-likeness (QED) is 0.0668. The Morgan fingerprint density at radius 3 is 1.31 bits per heavy atom. The molecule has 14 nitrogen and oxygen atoms in total. The number of hydrogen-bond acceptors (Lipinski definition) is 10. The lowest BCUT2D eigenvalue weighted by Crippen LogP contribution is -2.15. The zero-order chi connectivity index (χ0) is 30.2. The molecular formula is C21H30Br2N4O10S2. The maximum atomic E-state index is 9.63. The molecule has 0 spiro atoms. The molecule has 2 aromatic rings. The van der Waals surface area contributed by atoms with E-state index in [0.29, 0.717) is 42.3 Å². The van der Waals surface area contributed by atoms with Crippen LogP contribution in [0.3, 0.4) is 0 Å². The number of nitrogens with two attached hydrogens (primary N) is 2. The highest BCUT2D eigenvalue weighted by Crippen LogP contribution is 2.30. The van der Waals surface area contributed by atoms with Crippen LogP contribution in [-0.2, 0) is 20.2 Å². The molecule has 0 aliphatic heterocycles. The minimum atomic E-state index is -3.92. The Hall–Kier alpha value is -2.32. The molecule has 0 amide bonds. The molecule has 39 heavy (non-hydrogen) atoms. The van der Waals surface area contributed by atoms with Crippen LogP contribution in [0.15, 0.2) is 45.3 Å². The molecule has 0 aliphatic carbocycles. The Balaban J connectivity index is 0.000000848. The predicted octanol–water partition coefficient (Wildman–Crippen LogP) is 1.36. The van der Waals surface area contributed by atoms with E-state index < -0.39 is 45.0 Å². The van der Waals surface area contributed by atoms with Gasteiger partial charge in [-0.25, -0.2) is 0 Å². The van der Waals surface area contributed by atoms with Crippen LogP contribution in [0.1, 0.15) is 17.5 Å². The van der Waals surface area contributed by atoms with E-state index in [1.54, 1.807) is 24.3 Å². The first kappa shape index (κ1) is 36.7. The molecule has 0 unspecified atom stereocenters. The van der Waals surface area contributed by atoms with Crippen molar-refractivity contribution in [3.8, 4) is 11.5 Å². The standard InChI is InChI=1S/C17H18Br2N4O2.2C2H6O4S/c18-12-6-1-4-10(16(20)21)14(12)24-8-3-9-25-15-11(17(22)23)5-2-7-13(15)19;2*3-1-2-7(4,5)6/h1-2,4-7H,3,8-9H2,(H3,20,21)(H3,22,23);2*3H,1-2H2,(H,4,5,6). The molecule has 2 aromatic carbocycles. The summed E-state index contributed by atoms with van der Waals surface area (Å²) in [5, 5.41) is 30.9. The van der Waals surface area contributed by atoms with Crippen molar-refractivity contribution in [3.05, 3.63) is 56.5 Å². The number of ether oxygens (including phenoxy) is 2. The van der Waals surface area contributed by atoms with Gasteiger partial charge in [-0.15, -0.1) is 0 Å². The van der Waals surface area contributed by atoms with Gasteiger partial charge in [-0.2, -0.15) is 16.8 Å². The highest BCUT2D eigenvalue weighted by Gasteiger charge is 2.12. The molecule has 220 valence electrons. The fourth-order valence-corrected chi connectivity index (χ4v) is 3.80. The second-order valence-corrected chi connectivity index (χ2v) is 12.0. The number of halogens is 2. The molecule has 18 heteroatoms. The van der Waals surface area contributed by atoms with Gasteiger partial charge in [0.25, 0.3) is 20.2 Å². The summed E-state index contributed by atoms with van der Waals surface area (Å²) in [6, 6.07) is 10.7. The minimum Gasteiger partial charge on any atom is -0.491 e. The van der Waals surface area contributed by atoms with Crippen LogP contribution < -0.4 is 20.9 Å². The number of para-hydroxylation sites is 2. The maximum Gasteiger partial charge on any atom is 0.267 e. The summed E-state index contributed by atoms with van der Waals surface area (Å²) in [6.07, 6.45) is 0.608. The molecule has 0 fully saturated rings. The Morgan fingerprint density at radius 2 is 1.08 bits per heavy atom. The lowest BCUT2D eigenvalue weighted by Gasteiger charge is -2.14. The SMILES string of the molecule is N=C(N)c1cccc(Br)c1OCCCOc1c(Br)cccc1C(=N)N.O=S(=O)(O)CCO.O=S(=O)(O)CCO. The first-order chi connectivity index (χ1) is 18.0. The van der Waals surface area contributed by atoms with Crippen molar-refractivity contribution in [2.75, 3.05) is 37.9 Å². The van der Waals surface area contributed by atoms with Crippen LogP contribution in [0.4, 0.5) is 0 Å². The summed E-state index contributed by atoms with van der Waals surface area (Å²) >= 11 is 6.81. The number of amidine groups is 2. The lowest BCUT2D eigenvalue weighted by molar-refractivity contribution is 0.245. The van der Waals surface area contributed by atoms with Gasteiger partial charge in [-0.05, 0) is 56.1 Å². The molecule has 0 saturated carbocycles. The van der Waals surface area contributed by atoms with Crippen LogP contribution in [0.2, 0.25) is 0 Å². The van der Waals surface area contributed by atoms with Gasteiger partial charge in [0.15, 0.2) is 0 Å². The summed E-state index contributed by atoms with van der Waals surface area (Å²) in [4.78, 5) is 0. The van der Waals surface area contributed by atoms with Crippen LogP contribution >= 0.6 is 31.9 Å². The molecule has 0 radical (unpaired) electrons. The monoisotopic (exact) mass is 720 g/mol. The van der Waals surface area contributed by atoms with Crippen molar-refractivity contribution in [1.82, 2.24) is 0 Å². The zero-order valence-electron chi connectivity index (χ0n) is 20.4. The number of hydrogen-bond donors (Lipinski definition) is 8. The summed E-state index contributed by atoms with van der Waals surface area (Å²) in [7, 11) is -7.85. The Bertz CT molecular complexity index is 1210. The van der Waals surface area contributed by atoms with Crippen molar-refractivity contribution >= 4 is 63.8 Å². The topological polar surface area (TPSA) is 267 Å². The van der Waals surface area contributed by atoms with Crippen molar-refractivity contribution in [3.63, 3.8) is 0 Å². The minimum absolute atomic E-state index is 0.0492. The number of nitrogen functional groups attached to an aromatic ring is 2. The predicted molar refractivity (Wildman–Crippen MR) is 153 cm³/mol. The normalized spacial score (nSPS) is 10.8. The highest BCUT2D eigenvalue weighted by molar-refractivity contribution is 9.11. The molecule has 0 atom stereocenters.